The van der Waals surface area contributed by atoms with Crippen molar-refractivity contribution in [2.45, 2.75) is 32.7 Å². The Bertz CT molecular complexity index is 774. The average Bonchev–Trinajstić information content (AvgIpc) is 2.83. The fourth-order valence-electron chi connectivity index (χ4n) is 2.76. The van der Waals surface area contributed by atoms with Crippen molar-refractivity contribution in [3.05, 3.63) is 65.0 Å². The minimum atomic E-state index is 0.446. The average molecular weight is 299 g/mol. The maximum Gasteiger partial charge on any atom is 0.124 e. The molecule has 3 aromatic rings. The largest absolute Gasteiger partial charge is 0.327 e. The van der Waals surface area contributed by atoms with Gasteiger partial charge in [-0.2, -0.15) is 0 Å². The highest BCUT2D eigenvalue weighted by Crippen LogP contribution is 2.20. The minimum Gasteiger partial charge on any atom is -0.327 e. The first-order valence-electron chi connectivity index (χ1n) is 7.25. The van der Waals surface area contributed by atoms with Gasteiger partial charge in [0.2, 0.25) is 0 Å². The van der Waals surface area contributed by atoms with Crippen LogP contribution in [0.1, 0.15) is 22.5 Å². The number of halogens is 1. The number of benzene rings is 2. The van der Waals surface area contributed by atoms with Gasteiger partial charge < -0.3 is 4.57 Å². The number of rotatable bonds is 4. The van der Waals surface area contributed by atoms with E-state index >= 15 is 0 Å². The summed E-state index contributed by atoms with van der Waals surface area (Å²) in [7, 11) is 0. The van der Waals surface area contributed by atoms with Crippen molar-refractivity contribution in [2.24, 2.45) is 0 Å². The predicted molar refractivity (Wildman–Crippen MR) is 88.9 cm³/mol. The lowest BCUT2D eigenvalue weighted by Gasteiger charge is -2.09. The monoisotopic (exact) mass is 298 g/mol. The second kappa shape index (κ2) is 5.90. The highest BCUT2D eigenvalue weighted by Gasteiger charge is 2.10. The third-order valence-corrected chi connectivity index (χ3v) is 4.21. The Morgan fingerprint density at radius 1 is 1.10 bits per heavy atom. The van der Waals surface area contributed by atoms with Crippen molar-refractivity contribution >= 4 is 22.6 Å². The van der Waals surface area contributed by atoms with Crippen LogP contribution in [0.3, 0.4) is 0 Å². The molecule has 0 N–H and O–H groups in total. The summed E-state index contributed by atoms with van der Waals surface area (Å²) < 4.78 is 2.24. The van der Waals surface area contributed by atoms with E-state index in [9.17, 15) is 0 Å². The van der Waals surface area contributed by atoms with Crippen LogP contribution >= 0.6 is 11.6 Å². The third-order valence-electron chi connectivity index (χ3n) is 3.97. The van der Waals surface area contributed by atoms with Crippen LogP contribution in [-0.2, 0) is 18.8 Å². The Balaban J connectivity index is 1.94. The van der Waals surface area contributed by atoms with E-state index in [0.29, 0.717) is 5.88 Å². The highest BCUT2D eigenvalue weighted by molar-refractivity contribution is 6.16. The van der Waals surface area contributed by atoms with Gasteiger partial charge >= 0.3 is 0 Å². The van der Waals surface area contributed by atoms with E-state index in [4.69, 9.17) is 11.6 Å². The number of aromatic nitrogens is 2. The van der Waals surface area contributed by atoms with Gasteiger partial charge in [0.05, 0.1) is 16.9 Å². The maximum atomic E-state index is 6.07. The van der Waals surface area contributed by atoms with Gasteiger partial charge in [0.15, 0.2) is 0 Å². The van der Waals surface area contributed by atoms with Crippen LogP contribution in [-0.4, -0.2) is 9.55 Å². The molecule has 21 heavy (non-hydrogen) atoms. The SMILES string of the molecule is Cc1ccc2c(c1)nc(CCl)n2CCc1ccccc1C. The molecule has 0 amide bonds. The summed E-state index contributed by atoms with van der Waals surface area (Å²) in [5.74, 6) is 1.40. The zero-order chi connectivity index (χ0) is 14.8. The summed E-state index contributed by atoms with van der Waals surface area (Å²) in [4.78, 5) is 4.66. The summed E-state index contributed by atoms with van der Waals surface area (Å²) in [5.41, 5.74) is 6.16. The van der Waals surface area contributed by atoms with Crippen LogP contribution < -0.4 is 0 Å². The molecule has 0 aliphatic heterocycles. The molecule has 108 valence electrons. The van der Waals surface area contributed by atoms with Gasteiger partial charge in [0, 0.05) is 6.54 Å². The number of hydrogen-bond acceptors (Lipinski definition) is 1. The first-order chi connectivity index (χ1) is 10.2. The first-order valence-corrected chi connectivity index (χ1v) is 7.78. The molecule has 0 bridgehead atoms. The Labute approximate surface area is 130 Å². The van der Waals surface area contributed by atoms with E-state index in [0.717, 1.165) is 24.3 Å². The van der Waals surface area contributed by atoms with E-state index in [1.807, 2.05) is 0 Å². The van der Waals surface area contributed by atoms with Crippen molar-refractivity contribution in [1.82, 2.24) is 9.55 Å². The van der Waals surface area contributed by atoms with Gasteiger partial charge in [0.25, 0.3) is 0 Å². The molecule has 2 nitrogen and oxygen atoms in total. The number of nitrogens with zero attached hydrogens (tertiary/aromatic N) is 2. The van der Waals surface area contributed by atoms with Crippen LogP contribution in [0.5, 0.6) is 0 Å². The minimum absolute atomic E-state index is 0.446. The zero-order valence-electron chi connectivity index (χ0n) is 12.4. The number of alkyl halides is 1. The van der Waals surface area contributed by atoms with Crippen LogP contribution in [0, 0.1) is 13.8 Å². The van der Waals surface area contributed by atoms with E-state index in [1.165, 1.54) is 22.2 Å². The molecule has 3 rings (SSSR count). The standard InChI is InChI=1S/C18H19ClN2/c1-13-7-8-17-16(11-13)20-18(12-19)21(17)10-9-15-6-4-3-5-14(15)2/h3-8,11H,9-10,12H2,1-2H3. The van der Waals surface area contributed by atoms with Crippen LogP contribution in [0.2, 0.25) is 0 Å². The molecule has 1 aromatic heterocycles. The quantitative estimate of drug-likeness (QED) is 0.642. The van der Waals surface area contributed by atoms with Gasteiger partial charge in [-0.15, -0.1) is 11.6 Å². The molecule has 1 heterocycles. The first kappa shape index (κ1) is 14.2. The van der Waals surface area contributed by atoms with E-state index in [2.05, 4.69) is 65.9 Å². The molecule has 0 radical (unpaired) electrons. The van der Waals surface area contributed by atoms with Crippen molar-refractivity contribution in [3.63, 3.8) is 0 Å². The predicted octanol–water partition coefficient (Wildman–Crippen LogP) is 4.63. The summed E-state index contributed by atoms with van der Waals surface area (Å²) in [6.07, 6.45) is 0.996. The third kappa shape index (κ3) is 2.81. The van der Waals surface area contributed by atoms with E-state index < -0.39 is 0 Å². The number of imidazole rings is 1. The Hall–Kier alpha value is -1.80. The molecule has 0 unspecified atom stereocenters. The molecule has 0 fully saturated rings. The molecule has 0 aliphatic rings. The number of fused-ring (bicyclic) bond motifs is 1. The van der Waals surface area contributed by atoms with Gasteiger partial charge in [-0.1, -0.05) is 30.3 Å². The summed E-state index contributed by atoms with van der Waals surface area (Å²) in [6.45, 7) is 5.16. The van der Waals surface area contributed by atoms with Crippen LogP contribution in [0.25, 0.3) is 11.0 Å². The van der Waals surface area contributed by atoms with Crippen LogP contribution in [0.4, 0.5) is 0 Å². The normalized spacial score (nSPS) is 11.2. The molecule has 0 atom stereocenters. The lowest BCUT2D eigenvalue weighted by molar-refractivity contribution is 0.686. The summed E-state index contributed by atoms with van der Waals surface area (Å²) in [5, 5.41) is 0. The lowest BCUT2D eigenvalue weighted by Crippen LogP contribution is -2.05. The number of aryl methyl sites for hydroxylation is 4. The van der Waals surface area contributed by atoms with E-state index in [-0.39, 0.29) is 0 Å². The Morgan fingerprint density at radius 2 is 1.90 bits per heavy atom. The van der Waals surface area contributed by atoms with Gasteiger partial charge in [-0.3, -0.25) is 0 Å². The topological polar surface area (TPSA) is 17.8 Å². The molecule has 0 aliphatic carbocycles. The second-order valence-corrected chi connectivity index (χ2v) is 5.75. The van der Waals surface area contributed by atoms with Crippen molar-refractivity contribution in [3.8, 4) is 0 Å². The van der Waals surface area contributed by atoms with E-state index in [1.54, 1.807) is 0 Å². The van der Waals surface area contributed by atoms with Gasteiger partial charge in [0.1, 0.15) is 5.82 Å². The molecule has 0 spiro atoms. The Kier molecular flexibility index (Phi) is 3.98. The number of hydrogen-bond donors (Lipinski definition) is 0. The zero-order valence-corrected chi connectivity index (χ0v) is 13.2. The molecule has 3 heteroatoms. The molecule has 2 aromatic carbocycles. The molecular weight excluding hydrogens is 280 g/mol. The molecule has 0 saturated heterocycles. The Morgan fingerprint density at radius 3 is 2.67 bits per heavy atom. The fraction of sp³-hybridized carbons (Fsp3) is 0.278. The lowest BCUT2D eigenvalue weighted by atomic mass is 10.1. The maximum absolute atomic E-state index is 6.07. The van der Waals surface area contributed by atoms with Gasteiger partial charge in [-0.05, 0) is 49.1 Å². The smallest absolute Gasteiger partial charge is 0.124 e. The van der Waals surface area contributed by atoms with Gasteiger partial charge in [-0.25, -0.2) is 4.98 Å². The van der Waals surface area contributed by atoms with Crippen molar-refractivity contribution in [1.29, 1.82) is 0 Å². The fourth-order valence-corrected chi connectivity index (χ4v) is 2.97. The second-order valence-electron chi connectivity index (χ2n) is 5.48. The molecular formula is C18H19ClN2. The van der Waals surface area contributed by atoms with Crippen LogP contribution in [0.15, 0.2) is 42.5 Å². The molecule has 0 saturated carbocycles. The van der Waals surface area contributed by atoms with Crippen molar-refractivity contribution < 1.29 is 0 Å². The highest BCUT2D eigenvalue weighted by atomic mass is 35.5. The summed E-state index contributed by atoms with van der Waals surface area (Å²) >= 11 is 6.07. The van der Waals surface area contributed by atoms with Crippen molar-refractivity contribution in [2.75, 3.05) is 0 Å². The summed E-state index contributed by atoms with van der Waals surface area (Å²) in [6, 6.07) is 14.9.